The van der Waals surface area contributed by atoms with Gasteiger partial charge in [-0.15, -0.1) is 0 Å². The molecule has 0 radical (unpaired) electrons. The molecule has 0 aliphatic heterocycles. The van der Waals surface area contributed by atoms with Crippen LogP contribution < -0.4 is 10.6 Å². The lowest BCUT2D eigenvalue weighted by Crippen LogP contribution is -2.19. The van der Waals surface area contributed by atoms with Crippen molar-refractivity contribution >= 4 is 34.2 Å². The highest BCUT2D eigenvalue weighted by atomic mass is 127. The Bertz CT molecular complexity index is 352. The summed E-state index contributed by atoms with van der Waals surface area (Å²) >= 11 is 2.26. The van der Waals surface area contributed by atoms with E-state index in [1.54, 1.807) is 0 Å². The van der Waals surface area contributed by atoms with Crippen molar-refractivity contribution in [2.24, 2.45) is 0 Å². The zero-order valence-corrected chi connectivity index (χ0v) is 11.1. The van der Waals surface area contributed by atoms with Gasteiger partial charge in [0, 0.05) is 22.2 Å². The van der Waals surface area contributed by atoms with Gasteiger partial charge in [0.1, 0.15) is 0 Å². The van der Waals surface area contributed by atoms with Crippen LogP contribution in [-0.2, 0) is 4.79 Å². The van der Waals surface area contributed by atoms with Gasteiger partial charge >= 0.3 is 0 Å². The van der Waals surface area contributed by atoms with Crippen LogP contribution in [0, 0.1) is 10.5 Å². The number of halogens is 1. The molecule has 4 heteroatoms. The molecule has 0 saturated carbocycles. The number of amides is 1. The Balaban J connectivity index is 2.60. The van der Waals surface area contributed by atoms with Crippen molar-refractivity contribution in [2.75, 3.05) is 18.9 Å². The zero-order valence-electron chi connectivity index (χ0n) is 8.93. The van der Waals surface area contributed by atoms with Crippen LogP contribution in [-0.4, -0.2) is 19.5 Å². The van der Waals surface area contributed by atoms with Crippen molar-refractivity contribution in [3.8, 4) is 0 Å². The first-order valence-electron chi connectivity index (χ1n) is 4.84. The standard InChI is InChI=1S/C11H15IN2O/c1-8-7-9(12)3-4-10(8)14-11(15)5-6-13-2/h3-4,7,13H,5-6H2,1-2H3,(H,14,15). The Hall–Kier alpha value is -0.620. The molecule has 0 spiro atoms. The third kappa shape index (κ3) is 4.17. The molecule has 1 rings (SSSR count). The molecule has 0 aromatic heterocycles. The second-order valence-corrected chi connectivity index (χ2v) is 4.61. The number of anilines is 1. The van der Waals surface area contributed by atoms with Crippen molar-refractivity contribution in [2.45, 2.75) is 13.3 Å². The van der Waals surface area contributed by atoms with E-state index in [1.807, 2.05) is 32.2 Å². The molecular weight excluding hydrogens is 303 g/mol. The van der Waals surface area contributed by atoms with Crippen molar-refractivity contribution in [3.05, 3.63) is 27.3 Å². The van der Waals surface area contributed by atoms with Crippen LogP contribution in [0.3, 0.4) is 0 Å². The van der Waals surface area contributed by atoms with Gasteiger partial charge in [0.25, 0.3) is 0 Å². The van der Waals surface area contributed by atoms with E-state index in [0.29, 0.717) is 13.0 Å². The summed E-state index contributed by atoms with van der Waals surface area (Å²) in [7, 11) is 1.84. The zero-order chi connectivity index (χ0) is 11.3. The summed E-state index contributed by atoms with van der Waals surface area (Å²) in [5.41, 5.74) is 2.00. The van der Waals surface area contributed by atoms with E-state index in [0.717, 1.165) is 11.3 Å². The minimum absolute atomic E-state index is 0.0497. The predicted molar refractivity (Wildman–Crippen MR) is 71.1 cm³/mol. The topological polar surface area (TPSA) is 41.1 Å². The lowest BCUT2D eigenvalue weighted by atomic mass is 10.2. The van der Waals surface area contributed by atoms with E-state index in [1.165, 1.54) is 3.57 Å². The molecule has 82 valence electrons. The van der Waals surface area contributed by atoms with E-state index in [2.05, 4.69) is 33.2 Å². The largest absolute Gasteiger partial charge is 0.326 e. The fourth-order valence-corrected chi connectivity index (χ4v) is 1.87. The first kappa shape index (κ1) is 12.4. The van der Waals surface area contributed by atoms with Crippen molar-refractivity contribution in [1.82, 2.24) is 5.32 Å². The first-order valence-corrected chi connectivity index (χ1v) is 5.92. The maximum absolute atomic E-state index is 11.5. The van der Waals surface area contributed by atoms with E-state index in [4.69, 9.17) is 0 Å². The summed E-state index contributed by atoms with van der Waals surface area (Å²) in [6.07, 6.45) is 0.502. The molecular formula is C11H15IN2O. The van der Waals surface area contributed by atoms with Crippen LogP contribution >= 0.6 is 22.6 Å². The number of hydrogen-bond acceptors (Lipinski definition) is 2. The van der Waals surface area contributed by atoms with Gasteiger partial charge in [0.15, 0.2) is 0 Å². The highest BCUT2D eigenvalue weighted by Crippen LogP contribution is 2.17. The molecule has 3 nitrogen and oxygen atoms in total. The molecule has 0 saturated heterocycles. The summed E-state index contributed by atoms with van der Waals surface area (Å²) in [6.45, 7) is 2.70. The third-order valence-electron chi connectivity index (χ3n) is 2.06. The maximum Gasteiger partial charge on any atom is 0.225 e. The Morgan fingerprint density at radius 3 is 2.80 bits per heavy atom. The fourth-order valence-electron chi connectivity index (χ4n) is 1.22. The Morgan fingerprint density at radius 1 is 1.47 bits per heavy atom. The van der Waals surface area contributed by atoms with Crippen LogP contribution in [0.4, 0.5) is 5.69 Å². The summed E-state index contributed by atoms with van der Waals surface area (Å²) in [5, 5.41) is 5.84. The Morgan fingerprint density at radius 2 is 2.20 bits per heavy atom. The third-order valence-corrected chi connectivity index (χ3v) is 2.74. The van der Waals surface area contributed by atoms with Gasteiger partial charge in [-0.2, -0.15) is 0 Å². The second kappa shape index (κ2) is 6.07. The van der Waals surface area contributed by atoms with Crippen LogP contribution in [0.2, 0.25) is 0 Å². The second-order valence-electron chi connectivity index (χ2n) is 3.36. The number of nitrogens with one attached hydrogen (secondary N) is 2. The first-order chi connectivity index (χ1) is 7.13. The van der Waals surface area contributed by atoms with Gasteiger partial charge in [0.2, 0.25) is 5.91 Å². The molecule has 1 aromatic rings. The van der Waals surface area contributed by atoms with E-state index >= 15 is 0 Å². The predicted octanol–water partition coefficient (Wildman–Crippen LogP) is 2.15. The monoisotopic (exact) mass is 318 g/mol. The van der Waals surface area contributed by atoms with E-state index in [9.17, 15) is 4.79 Å². The maximum atomic E-state index is 11.5. The van der Waals surface area contributed by atoms with Crippen molar-refractivity contribution < 1.29 is 4.79 Å². The molecule has 2 N–H and O–H groups in total. The van der Waals surface area contributed by atoms with Gasteiger partial charge in [-0.25, -0.2) is 0 Å². The van der Waals surface area contributed by atoms with Gasteiger partial charge in [-0.05, 0) is 60.3 Å². The molecule has 15 heavy (non-hydrogen) atoms. The minimum atomic E-state index is 0.0497. The van der Waals surface area contributed by atoms with Crippen LogP contribution in [0.5, 0.6) is 0 Å². The number of rotatable bonds is 4. The highest BCUT2D eigenvalue weighted by molar-refractivity contribution is 14.1. The van der Waals surface area contributed by atoms with Crippen molar-refractivity contribution in [1.29, 1.82) is 0 Å². The summed E-state index contributed by atoms with van der Waals surface area (Å²) in [5.74, 6) is 0.0497. The van der Waals surface area contributed by atoms with Gasteiger partial charge in [-0.1, -0.05) is 0 Å². The highest BCUT2D eigenvalue weighted by Gasteiger charge is 2.03. The van der Waals surface area contributed by atoms with Gasteiger partial charge < -0.3 is 10.6 Å². The number of aryl methyl sites for hydroxylation is 1. The van der Waals surface area contributed by atoms with E-state index < -0.39 is 0 Å². The fraction of sp³-hybridized carbons (Fsp3) is 0.364. The lowest BCUT2D eigenvalue weighted by Gasteiger charge is -2.08. The van der Waals surface area contributed by atoms with E-state index in [-0.39, 0.29) is 5.91 Å². The average Bonchev–Trinajstić information content (AvgIpc) is 2.19. The molecule has 1 aromatic carbocycles. The Kier molecular flexibility index (Phi) is 5.04. The normalized spacial score (nSPS) is 10.1. The van der Waals surface area contributed by atoms with Crippen molar-refractivity contribution in [3.63, 3.8) is 0 Å². The molecule has 0 heterocycles. The lowest BCUT2D eigenvalue weighted by molar-refractivity contribution is -0.116. The molecule has 0 unspecified atom stereocenters. The van der Waals surface area contributed by atoms with Crippen LogP contribution in [0.15, 0.2) is 18.2 Å². The molecule has 0 aliphatic carbocycles. The summed E-state index contributed by atoms with van der Waals surface area (Å²) in [4.78, 5) is 11.5. The number of carbonyl (C=O) groups is 1. The molecule has 0 fully saturated rings. The number of hydrogen-bond donors (Lipinski definition) is 2. The smallest absolute Gasteiger partial charge is 0.225 e. The Labute approximate surface area is 104 Å². The SMILES string of the molecule is CNCCC(=O)Nc1ccc(I)cc1C. The summed E-state index contributed by atoms with van der Waals surface area (Å²) < 4.78 is 1.18. The average molecular weight is 318 g/mol. The number of carbonyl (C=O) groups excluding carboxylic acids is 1. The summed E-state index contributed by atoms with van der Waals surface area (Å²) in [6, 6.07) is 5.98. The molecule has 0 bridgehead atoms. The van der Waals surface area contributed by atoms with Crippen LogP contribution in [0.1, 0.15) is 12.0 Å². The molecule has 1 amide bonds. The molecule has 0 atom stereocenters. The quantitative estimate of drug-likeness (QED) is 0.835. The van der Waals surface area contributed by atoms with Crippen LogP contribution in [0.25, 0.3) is 0 Å². The minimum Gasteiger partial charge on any atom is -0.326 e. The van der Waals surface area contributed by atoms with Gasteiger partial charge in [-0.3, -0.25) is 4.79 Å². The van der Waals surface area contributed by atoms with Gasteiger partial charge in [0.05, 0.1) is 0 Å². The number of benzene rings is 1. The molecule has 0 aliphatic rings.